The predicted molar refractivity (Wildman–Crippen MR) is 119 cm³/mol. The topological polar surface area (TPSA) is 52.6 Å². The van der Waals surface area contributed by atoms with Gasteiger partial charge >= 0.3 is 11.9 Å². The van der Waals surface area contributed by atoms with Crippen molar-refractivity contribution in [1.29, 1.82) is 0 Å². The van der Waals surface area contributed by atoms with Gasteiger partial charge in [0.15, 0.2) is 5.75 Å². The molecule has 0 unspecified atom stereocenters. The van der Waals surface area contributed by atoms with Gasteiger partial charge < -0.3 is 9.47 Å². The highest BCUT2D eigenvalue weighted by molar-refractivity contribution is 6.37. The van der Waals surface area contributed by atoms with Gasteiger partial charge in [-0.25, -0.2) is 0 Å². The van der Waals surface area contributed by atoms with Crippen LogP contribution in [0.15, 0.2) is 18.2 Å². The Morgan fingerprint density at radius 1 is 0.759 bits per heavy atom. The second-order valence-corrected chi connectivity index (χ2v) is 8.10. The summed E-state index contributed by atoms with van der Waals surface area (Å²) in [5.74, 6) is -0.332. The van der Waals surface area contributed by atoms with E-state index in [-0.39, 0.29) is 24.1 Å². The number of esters is 2. The number of carbonyl (C=O) groups is 2. The summed E-state index contributed by atoms with van der Waals surface area (Å²) < 4.78 is 10.5. The van der Waals surface area contributed by atoms with Gasteiger partial charge in [-0.3, -0.25) is 9.59 Å². The summed E-state index contributed by atoms with van der Waals surface area (Å²) in [4.78, 5) is 23.6. The lowest BCUT2D eigenvalue weighted by molar-refractivity contribution is -0.143. The third-order valence-electron chi connectivity index (χ3n) is 4.66. The normalized spacial score (nSPS) is 10.7. The first-order valence-electron chi connectivity index (χ1n) is 10.8. The molecule has 0 fully saturated rings. The maximum atomic E-state index is 11.9. The lowest BCUT2D eigenvalue weighted by Gasteiger charge is -2.08. The summed E-state index contributed by atoms with van der Waals surface area (Å²) >= 11 is 11.9. The van der Waals surface area contributed by atoms with Crippen molar-refractivity contribution in [3.8, 4) is 5.75 Å². The average Bonchev–Trinajstić information content (AvgIpc) is 2.69. The van der Waals surface area contributed by atoms with Crippen molar-refractivity contribution in [1.82, 2.24) is 0 Å². The van der Waals surface area contributed by atoms with Gasteiger partial charge in [0.1, 0.15) is 0 Å². The molecule has 0 amide bonds. The van der Waals surface area contributed by atoms with Crippen LogP contribution >= 0.6 is 23.2 Å². The Bertz CT molecular complexity index is 584. The van der Waals surface area contributed by atoms with Crippen molar-refractivity contribution < 1.29 is 19.1 Å². The van der Waals surface area contributed by atoms with Crippen molar-refractivity contribution in [3.05, 3.63) is 28.2 Å². The first-order valence-corrected chi connectivity index (χ1v) is 11.6. The summed E-state index contributed by atoms with van der Waals surface area (Å²) in [5.41, 5.74) is 0. The van der Waals surface area contributed by atoms with E-state index in [0.717, 1.165) is 19.3 Å². The molecular formula is C23H34Cl2O4. The molecular weight excluding hydrogens is 411 g/mol. The molecule has 0 radical (unpaired) electrons. The minimum atomic E-state index is -0.378. The molecule has 4 nitrogen and oxygen atoms in total. The standard InChI is InChI=1S/C23H34Cl2O4/c1-2-3-4-5-6-7-8-12-18-28-21(26)16-10-9-11-17-22(27)29-23-19(24)14-13-15-20(23)25/h13-15H,2-12,16-18H2,1H3. The number of carbonyl (C=O) groups excluding carboxylic acids is 2. The maximum absolute atomic E-state index is 11.9. The first-order chi connectivity index (χ1) is 14.0. The molecule has 0 bridgehead atoms. The highest BCUT2D eigenvalue weighted by Gasteiger charge is 2.12. The molecule has 0 heterocycles. The number of unbranched alkanes of at least 4 members (excludes halogenated alkanes) is 9. The predicted octanol–water partition coefficient (Wildman–Crippen LogP) is 7.53. The van der Waals surface area contributed by atoms with E-state index < -0.39 is 0 Å². The highest BCUT2D eigenvalue weighted by atomic mass is 35.5. The summed E-state index contributed by atoms with van der Waals surface area (Å²) in [6, 6.07) is 4.93. The summed E-state index contributed by atoms with van der Waals surface area (Å²) in [6.45, 7) is 2.74. The molecule has 0 saturated heterocycles. The number of halogens is 2. The van der Waals surface area contributed by atoms with E-state index in [1.807, 2.05) is 0 Å². The van der Waals surface area contributed by atoms with Crippen LogP contribution in [0, 0.1) is 0 Å². The van der Waals surface area contributed by atoms with E-state index in [4.69, 9.17) is 32.7 Å². The quantitative estimate of drug-likeness (QED) is 0.150. The minimum Gasteiger partial charge on any atom is -0.466 e. The molecule has 0 spiro atoms. The van der Waals surface area contributed by atoms with Gasteiger partial charge in [-0.2, -0.15) is 0 Å². The van der Waals surface area contributed by atoms with E-state index in [9.17, 15) is 9.59 Å². The second-order valence-electron chi connectivity index (χ2n) is 7.28. The average molecular weight is 445 g/mol. The first kappa shape index (κ1) is 25.8. The fraction of sp³-hybridized carbons (Fsp3) is 0.652. The van der Waals surface area contributed by atoms with E-state index in [2.05, 4.69) is 6.92 Å². The zero-order chi connectivity index (χ0) is 21.3. The van der Waals surface area contributed by atoms with Gasteiger partial charge in [0, 0.05) is 12.8 Å². The molecule has 1 aromatic carbocycles. The van der Waals surface area contributed by atoms with E-state index in [1.165, 1.54) is 38.5 Å². The molecule has 0 aliphatic rings. The monoisotopic (exact) mass is 444 g/mol. The number of rotatable bonds is 16. The Morgan fingerprint density at radius 3 is 1.90 bits per heavy atom. The van der Waals surface area contributed by atoms with Crippen LogP contribution in [0.2, 0.25) is 10.0 Å². The highest BCUT2D eigenvalue weighted by Crippen LogP contribution is 2.32. The van der Waals surface area contributed by atoms with Gasteiger partial charge in [-0.05, 0) is 31.4 Å². The van der Waals surface area contributed by atoms with Gasteiger partial charge in [0.2, 0.25) is 0 Å². The lowest BCUT2D eigenvalue weighted by Crippen LogP contribution is -2.09. The maximum Gasteiger partial charge on any atom is 0.311 e. The minimum absolute atomic E-state index is 0.154. The van der Waals surface area contributed by atoms with Crippen molar-refractivity contribution in [2.24, 2.45) is 0 Å². The number of para-hydroxylation sites is 1. The number of benzene rings is 1. The van der Waals surface area contributed by atoms with Crippen LogP contribution in [0.1, 0.15) is 90.4 Å². The summed E-state index contributed by atoms with van der Waals surface area (Å²) in [5, 5.41) is 0.621. The molecule has 6 heteroatoms. The third kappa shape index (κ3) is 12.8. The van der Waals surface area contributed by atoms with Crippen LogP contribution in [0.3, 0.4) is 0 Å². The van der Waals surface area contributed by atoms with Crippen molar-refractivity contribution in [2.75, 3.05) is 6.61 Å². The van der Waals surface area contributed by atoms with Gasteiger partial charge in [0.25, 0.3) is 0 Å². The Hall–Kier alpha value is -1.26. The van der Waals surface area contributed by atoms with Gasteiger partial charge in [-0.1, -0.05) is 87.6 Å². The molecule has 0 N–H and O–H groups in total. The summed E-state index contributed by atoms with van der Waals surface area (Å²) in [6.07, 6.45) is 12.6. The van der Waals surface area contributed by atoms with Crippen molar-refractivity contribution in [2.45, 2.75) is 90.4 Å². The number of hydrogen-bond donors (Lipinski definition) is 0. The van der Waals surface area contributed by atoms with Crippen LogP contribution in [-0.4, -0.2) is 18.5 Å². The van der Waals surface area contributed by atoms with E-state index >= 15 is 0 Å². The van der Waals surface area contributed by atoms with Gasteiger partial charge in [0.05, 0.1) is 16.7 Å². The second kappa shape index (κ2) is 16.5. The van der Waals surface area contributed by atoms with Crippen LogP contribution in [-0.2, 0) is 14.3 Å². The zero-order valence-corrected chi connectivity index (χ0v) is 19.0. The van der Waals surface area contributed by atoms with Crippen LogP contribution in [0.4, 0.5) is 0 Å². The largest absolute Gasteiger partial charge is 0.466 e. The Kier molecular flexibility index (Phi) is 14.7. The molecule has 0 saturated carbocycles. The Labute approximate surface area is 185 Å². The smallest absolute Gasteiger partial charge is 0.311 e. The Balaban J connectivity index is 1.97. The fourth-order valence-corrected chi connectivity index (χ4v) is 3.43. The molecule has 0 aliphatic heterocycles. The molecule has 0 aromatic heterocycles. The zero-order valence-electron chi connectivity index (χ0n) is 17.5. The SMILES string of the molecule is CCCCCCCCCCOC(=O)CCCCCC(=O)Oc1c(Cl)cccc1Cl. The number of hydrogen-bond acceptors (Lipinski definition) is 4. The van der Waals surface area contributed by atoms with Gasteiger partial charge in [-0.15, -0.1) is 0 Å². The third-order valence-corrected chi connectivity index (χ3v) is 5.25. The Morgan fingerprint density at radius 2 is 1.28 bits per heavy atom. The fourth-order valence-electron chi connectivity index (χ4n) is 2.95. The summed E-state index contributed by atoms with van der Waals surface area (Å²) in [7, 11) is 0. The van der Waals surface area contributed by atoms with Crippen LogP contribution < -0.4 is 4.74 Å². The van der Waals surface area contributed by atoms with Crippen molar-refractivity contribution >= 4 is 35.1 Å². The number of ether oxygens (including phenoxy) is 2. The molecule has 164 valence electrons. The molecule has 1 rings (SSSR count). The van der Waals surface area contributed by atoms with Crippen molar-refractivity contribution in [3.63, 3.8) is 0 Å². The molecule has 0 aliphatic carbocycles. The van der Waals surface area contributed by atoms with Crippen LogP contribution in [0.5, 0.6) is 5.75 Å². The van der Waals surface area contributed by atoms with E-state index in [0.29, 0.717) is 35.9 Å². The molecule has 29 heavy (non-hydrogen) atoms. The lowest BCUT2D eigenvalue weighted by atomic mass is 10.1. The van der Waals surface area contributed by atoms with E-state index in [1.54, 1.807) is 18.2 Å². The molecule has 0 atom stereocenters. The van der Waals surface area contributed by atoms with Crippen LogP contribution in [0.25, 0.3) is 0 Å². The molecule has 1 aromatic rings.